The number of carbonyl (C=O) groups excluding carboxylic acids is 1. The zero-order valence-electron chi connectivity index (χ0n) is 16.2. The number of sulfonamides is 1. The summed E-state index contributed by atoms with van der Waals surface area (Å²) in [5, 5.41) is 3.24. The number of amides is 1. The molecule has 0 radical (unpaired) electrons. The second-order valence-corrected chi connectivity index (χ2v) is 10.0. The van der Waals surface area contributed by atoms with Crippen LogP contribution in [-0.2, 0) is 20.6 Å². The Hall–Kier alpha value is -1.70. The second kappa shape index (κ2) is 10.2. The van der Waals surface area contributed by atoms with E-state index in [0.29, 0.717) is 17.3 Å². The summed E-state index contributed by atoms with van der Waals surface area (Å²) in [6.07, 6.45) is 1.08. The van der Waals surface area contributed by atoms with Gasteiger partial charge in [0.15, 0.2) is 0 Å². The van der Waals surface area contributed by atoms with Crippen LogP contribution in [0.25, 0.3) is 0 Å². The first-order chi connectivity index (χ1) is 13.2. The van der Waals surface area contributed by atoms with E-state index in [1.807, 2.05) is 13.0 Å². The quantitative estimate of drug-likeness (QED) is 0.602. The summed E-state index contributed by atoms with van der Waals surface area (Å²) < 4.78 is 25.3. The van der Waals surface area contributed by atoms with Crippen LogP contribution in [-0.4, -0.2) is 39.4 Å². The van der Waals surface area contributed by atoms with Crippen molar-refractivity contribution in [2.45, 2.75) is 19.6 Å². The summed E-state index contributed by atoms with van der Waals surface area (Å²) in [6.45, 7) is 4.09. The highest BCUT2D eigenvalue weighted by atomic mass is 35.5. The van der Waals surface area contributed by atoms with E-state index in [4.69, 9.17) is 11.6 Å². The van der Waals surface area contributed by atoms with Gasteiger partial charge in [0.05, 0.1) is 11.9 Å². The third kappa shape index (κ3) is 7.04. The Kier molecular flexibility index (Phi) is 8.22. The van der Waals surface area contributed by atoms with Crippen LogP contribution >= 0.6 is 23.4 Å². The molecule has 0 saturated heterocycles. The van der Waals surface area contributed by atoms with Crippen molar-refractivity contribution in [3.05, 3.63) is 64.2 Å². The molecular formula is C20H25ClN2O3S2. The standard InChI is InChI=1S/C20H25ClN2O3S2/c1-15-5-4-6-17(11-15)14-27-10-9-22-20(24)13-23(28(3,25)26)18-8-7-16(2)19(21)12-18/h4-8,11-12H,9-10,13-14H2,1-3H3,(H,22,24). The summed E-state index contributed by atoms with van der Waals surface area (Å²) in [5.74, 6) is 1.27. The fourth-order valence-electron chi connectivity index (χ4n) is 2.58. The number of nitrogens with one attached hydrogen (secondary N) is 1. The Labute approximate surface area is 176 Å². The number of benzene rings is 2. The number of nitrogens with zero attached hydrogens (tertiary/aromatic N) is 1. The van der Waals surface area contributed by atoms with Gasteiger partial charge in [0.25, 0.3) is 0 Å². The van der Waals surface area contributed by atoms with E-state index in [1.54, 1.807) is 30.0 Å². The van der Waals surface area contributed by atoms with E-state index in [9.17, 15) is 13.2 Å². The molecule has 0 atom stereocenters. The Bertz CT molecular complexity index is 933. The van der Waals surface area contributed by atoms with Crippen molar-refractivity contribution in [2.75, 3.05) is 29.4 Å². The van der Waals surface area contributed by atoms with Gasteiger partial charge in [-0.3, -0.25) is 9.10 Å². The van der Waals surface area contributed by atoms with Crippen molar-refractivity contribution < 1.29 is 13.2 Å². The number of thioether (sulfide) groups is 1. The van der Waals surface area contributed by atoms with E-state index in [2.05, 4.69) is 30.4 Å². The highest BCUT2D eigenvalue weighted by Gasteiger charge is 2.21. The summed E-state index contributed by atoms with van der Waals surface area (Å²) in [5.41, 5.74) is 3.69. The summed E-state index contributed by atoms with van der Waals surface area (Å²) >= 11 is 7.82. The smallest absolute Gasteiger partial charge is 0.240 e. The number of halogens is 1. The number of anilines is 1. The van der Waals surface area contributed by atoms with Gasteiger partial charge in [0.1, 0.15) is 6.54 Å². The Morgan fingerprint density at radius 3 is 2.57 bits per heavy atom. The minimum atomic E-state index is -3.61. The van der Waals surface area contributed by atoms with Crippen LogP contribution in [0.3, 0.4) is 0 Å². The third-order valence-electron chi connectivity index (χ3n) is 4.05. The van der Waals surface area contributed by atoms with Crippen LogP contribution in [0, 0.1) is 13.8 Å². The number of hydrogen-bond donors (Lipinski definition) is 1. The van der Waals surface area contributed by atoms with Crippen molar-refractivity contribution in [3.8, 4) is 0 Å². The largest absolute Gasteiger partial charge is 0.354 e. The monoisotopic (exact) mass is 440 g/mol. The van der Waals surface area contributed by atoms with Gasteiger partial charge in [-0.2, -0.15) is 11.8 Å². The van der Waals surface area contributed by atoms with Gasteiger partial charge in [0, 0.05) is 23.1 Å². The van der Waals surface area contributed by atoms with E-state index in [-0.39, 0.29) is 12.5 Å². The molecule has 5 nitrogen and oxygen atoms in total. The molecule has 1 N–H and O–H groups in total. The Morgan fingerprint density at radius 2 is 1.93 bits per heavy atom. The molecule has 152 valence electrons. The van der Waals surface area contributed by atoms with E-state index >= 15 is 0 Å². The molecule has 2 aromatic rings. The zero-order chi connectivity index (χ0) is 20.7. The normalized spacial score (nSPS) is 11.3. The average Bonchev–Trinajstić information content (AvgIpc) is 2.61. The van der Waals surface area contributed by atoms with E-state index in [0.717, 1.165) is 27.6 Å². The van der Waals surface area contributed by atoms with Crippen LogP contribution < -0.4 is 9.62 Å². The van der Waals surface area contributed by atoms with Gasteiger partial charge in [0.2, 0.25) is 15.9 Å². The third-order valence-corrected chi connectivity index (χ3v) is 6.63. The van der Waals surface area contributed by atoms with Crippen molar-refractivity contribution in [1.82, 2.24) is 5.32 Å². The maximum atomic E-state index is 12.2. The average molecular weight is 441 g/mol. The van der Waals surface area contributed by atoms with Crippen molar-refractivity contribution in [2.24, 2.45) is 0 Å². The van der Waals surface area contributed by atoms with E-state index < -0.39 is 10.0 Å². The van der Waals surface area contributed by atoms with Crippen molar-refractivity contribution >= 4 is 45.0 Å². The molecule has 1 amide bonds. The minimum Gasteiger partial charge on any atom is -0.354 e. The molecule has 0 heterocycles. The predicted octanol–water partition coefficient (Wildman–Crippen LogP) is 3.77. The van der Waals surface area contributed by atoms with Crippen LogP contribution in [0.1, 0.15) is 16.7 Å². The molecule has 0 saturated carbocycles. The molecule has 0 spiro atoms. The molecule has 0 fully saturated rings. The molecule has 28 heavy (non-hydrogen) atoms. The lowest BCUT2D eigenvalue weighted by Crippen LogP contribution is -2.41. The minimum absolute atomic E-state index is 0.277. The molecule has 0 aliphatic carbocycles. The van der Waals surface area contributed by atoms with Crippen molar-refractivity contribution in [3.63, 3.8) is 0 Å². The fourth-order valence-corrected chi connectivity index (χ4v) is 4.41. The van der Waals surface area contributed by atoms with Gasteiger partial charge in [-0.15, -0.1) is 0 Å². The van der Waals surface area contributed by atoms with Crippen LogP contribution in [0.4, 0.5) is 5.69 Å². The topological polar surface area (TPSA) is 66.5 Å². The van der Waals surface area contributed by atoms with Crippen LogP contribution in [0.2, 0.25) is 5.02 Å². The summed E-state index contributed by atoms with van der Waals surface area (Å²) in [7, 11) is -3.61. The first kappa shape index (κ1) is 22.6. The Morgan fingerprint density at radius 1 is 1.18 bits per heavy atom. The van der Waals surface area contributed by atoms with Gasteiger partial charge in [-0.1, -0.05) is 47.5 Å². The second-order valence-electron chi connectivity index (χ2n) is 6.59. The molecule has 0 unspecified atom stereocenters. The van der Waals surface area contributed by atoms with Gasteiger partial charge in [-0.25, -0.2) is 8.42 Å². The number of carbonyl (C=O) groups is 1. The first-order valence-electron chi connectivity index (χ1n) is 8.80. The number of hydrogen-bond acceptors (Lipinski definition) is 4. The summed E-state index contributed by atoms with van der Waals surface area (Å²) in [6, 6.07) is 13.2. The van der Waals surface area contributed by atoms with E-state index in [1.165, 1.54) is 11.1 Å². The van der Waals surface area contributed by atoms with Gasteiger partial charge < -0.3 is 5.32 Å². The lowest BCUT2D eigenvalue weighted by Gasteiger charge is -2.22. The lowest BCUT2D eigenvalue weighted by atomic mass is 10.2. The SMILES string of the molecule is Cc1cccc(CSCCNC(=O)CN(c2ccc(C)c(Cl)c2)S(C)(=O)=O)c1. The number of aryl methyl sites for hydroxylation is 2. The first-order valence-corrected chi connectivity index (χ1v) is 12.2. The van der Waals surface area contributed by atoms with Gasteiger partial charge >= 0.3 is 0 Å². The molecule has 0 aliphatic heterocycles. The number of rotatable bonds is 9. The molecular weight excluding hydrogens is 416 g/mol. The van der Waals surface area contributed by atoms with Gasteiger partial charge in [-0.05, 0) is 37.1 Å². The molecule has 0 aliphatic rings. The van der Waals surface area contributed by atoms with Crippen LogP contribution in [0.5, 0.6) is 0 Å². The molecule has 0 aromatic heterocycles. The van der Waals surface area contributed by atoms with Crippen LogP contribution in [0.15, 0.2) is 42.5 Å². The molecule has 8 heteroatoms. The highest BCUT2D eigenvalue weighted by Crippen LogP contribution is 2.24. The molecule has 2 aromatic carbocycles. The maximum absolute atomic E-state index is 12.2. The van der Waals surface area contributed by atoms with Crippen molar-refractivity contribution in [1.29, 1.82) is 0 Å². The highest BCUT2D eigenvalue weighted by molar-refractivity contribution is 7.98. The maximum Gasteiger partial charge on any atom is 0.240 e. The molecule has 2 rings (SSSR count). The predicted molar refractivity (Wildman–Crippen MR) is 119 cm³/mol. The zero-order valence-corrected chi connectivity index (χ0v) is 18.6. The molecule has 0 bridgehead atoms. The lowest BCUT2D eigenvalue weighted by molar-refractivity contribution is -0.119. The Balaban J connectivity index is 1.85. The fraction of sp³-hybridized carbons (Fsp3) is 0.350. The summed E-state index contributed by atoms with van der Waals surface area (Å²) in [4.78, 5) is 12.2.